The Morgan fingerprint density at radius 2 is 1.69 bits per heavy atom. The van der Waals surface area contributed by atoms with Crippen LogP contribution in [-0.2, 0) is 10.0 Å². The number of carbonyl (C=O) groups excluding carboxylic acids is 1. The van der Waals surface area contributed by atoms with Crippen molar-refractivity contribution >= 4 is 26.7 Å². The number of benzene rings is 2. The summed E-state index contributed by atoms with van der Waals surface area (Å²) in [6.45, 7) is 0.509. The normalized spacial score (nSPS) is 15.6. The van der Waals surface area contributed by atoms with Gasteiger partial charge in [0.25, 0.3) is 11.5 Å². The zero-order valence-corrected chi connectivity index (χ0v) is 16.2. The van der Waals surface area contributed by atoms with E-state index in [9.17, 15) is 22.4 Å². The van der Waals surface area contributed by atoms with Crippen molar-refractivity contribution in [1.29, 1.82) is 0 Å². The van der Waals surface area contributed by atoms with Gasteiger partial charge in [0.15, 0.2) is 0 Å². The highest BCUT2D eigenvalue weighted by atomic mass is 32.2. The number of pyridine rings is 1. The molecule has 7 nitrogen and oxygen atoms in total. The Balaban J connectivity index is 1.51. The van der Waals surface area contributed by atoms with Crippen molar-refractivity contribution in [2.24, 2.45) is 0 Å². The fraction of sp³-hybridized carbons (Fsp3) is 0.200. The minimum atomic E-state index is -3.84. The third-order valence-electron chi connectivity index (χ3n) is 4.94. The Labute approximate surface area is 166 Å². The Morgan fingerprint density at radius 1 is 0.966 bits per heavy atom. The van der Waals surface area contributed by atoms with E-state index in [-0.39, 0.29) is 48.2 Å². The second-order valence-electron chi connectivity index (χ2n) is 6.75. The lowest BCUT2D eigenvalue weighted by Crippen LogP contribution is -2.50. The third kappa shape index (κ3) is 3.66. The van der Waals surface area contributed by atoms with Gasteiger partial charge >= 0.3 is 0 Å². The van der Waals surface area contributed by atoms with Crippen LogP contribution < -0.4 is 5.56 Å². The number of hydrogen-bond donors (Lipinski definition) is 1. The van der Waals surface area contributed by atoms with E-state index in [4.69, 9.17) is 0 Å². The summed E-state index contributed by atoms with van der Waals surface area (Å²) in [4.78, 5) is 29.0. The Morgan fingerprint density at radius 3 is 2.41 bits per heavy atom. The molecule has 4 rings (SSSR count). The van der Waals surface area contributed by atoms with Gasteiger partial charge in [-0.2, -0.15) is 4.31 Å². The molecule has 0 saturated carbocycles. The van der Waals surface area contributed by atoms with Crippen molar-refractivity contribution in [3.05, 3.63) is 76.5 Å². The molecule has 0 spiro atoms. The van der Waals surface area contributed by atoms with Gasteiger partial charge in [0.2, 0.25) is 10.0 Å². The largest absolute Gasteiger partial charge is 0.335 e. The molecule has 0 radical (unpaired) electrons. The first-order valence-corrected chi connectivity index (χ1v) is 10.5. The SMILES string of the molecule is O=C(c1cc2ccccc2c(=O)[nH]1)N1CCN(S(=O)(=O)c2cccc(F)c2)CC1. The Bertz CT molecular complexity index is 1250. The summed E-state index contributed by atoms with van der Waals surface area (Å²) in [5, 5.41) is 1.15. The average molecular weight is 415 g/mol. The Kier molecular flexibility index (Phi) is 4.93. The molecule has 1 aromatic heterocycles. The van der Waals surface area contributed by atoms with Crippen LogP contribution in [0.3, 0.4) is 0 Å². The number of sulfonamides is 1. The lowest BCUT2D eigenvalue weighted by Gasteiger charge is -2.34. The van der Waals surface area contributed by atoms with Gasteiger partial charge in [-0.3, -0.25) is 9.59 Å². The molecule has 3 aromatic rings. The summed E-state index contributed by atoms with van der Waals surface area (Å²) in [6, 6.07) is 13.4. The van der Waals surface area contributed by atoms with Crippen LogP contribution in [0.15, 0.2) is 64.3 Å². The zero-order chi connectivity index (χ0) is 20.6. The van der Waals surface area contributed by atoms with Crippen molar-refractivity contribution in [1.82, 2.24) is 14.2 Å². The van der Waals surface area contributed by atoms with Gasteiger partial charge in [-0.25, -0.2) is 12.8 Å². The molecule has 0 aliphatic carbocycles. The number of piperazine rings is 1. The summed E-state index contributed by atoms with van der Waals surface area (Å²) in [5.74, 6) is -0.990. The smallest absolute Gasteiger partial charge is 0.270 e. The number of halogens is 1. The van der Waals surface area contributed by atoms with Crippen molar-refractivity contribution in [2.75, 3.05) is 26.2 Å². The molecule has 0 bridgehead atoms. The first-order chi connectivity index (χ1) is 13.9. The number of rotatable bonds is 3. The van der Waals surface area contributed by atoms with Gasteiger partial charge in [0, 0.05) is 31.6 Å². The van der Waals surface area contributed by atoms with Gasteiger partial charge < -0.3 is 9.88 Å². The number of aromatic amines is 1. The fourth-order valence-corrected chi connectivity index (χ4v) is 4.86. The molecule has 1 N–H and O–H groups in total. The molecule has 9 heteroatoms. The van der Waals surface area contributed by atoms with Crippen LogP contribution in [-0.4, -0.2) is 54.7 Å². The minimum absolute atomic E-state index is 0.0857. The van der Waals surface area contributed by atoms with Crippen LogP contribution in [0.1, 0.15) is 10.5 Å². The summed E-state index contributed by atoms with van der Waals surface area (Å²) in [6.07, 6.45) is 0. The van der Waals surface area contributed by atoms with Crippen LogP contribution in [0.4, 0.5) is 4.39 Å². The lowest BCUT2D eigenvalue weighted by atomic mass is 10.1. The topological polar surface area (TPSA) is 90.6 Å². The van der Waals surface area contributed by atoms with E-state index in [1.54, 1.807) is 30.3 Å². The number of fused-ring (bicyclic) bond motifs is 1. The molecule has 1 aliphatic rings. The zero-order valence-electron chi connectivity index (χ0n) is 15.3. The van der Waals surface area contributed by atoms with E-state index in [2.05, 4.69) is 4.98 Å². The first kappa shape index (κ1) is 19.3. The van der Waals surface area contributed by atoms with E-state index in [1.807, 2.05) is 0 Å². The average Bonchev–Trinajstić information content (AvgIpc) is 2.73. The second-order valence-corrected chi connectivity index (χ2v) is 8.69. The number of H-pyrrole nitrogens is 1. The molecular formula is C20H18FN3O4S. The number of carbonyl (C=O) groups is 1. The number of aromatic nitrogens is 1. The van der Waals surface area contributed by atoms with E-state index in [0.717, 1.165) is 6.07 Å². The van der Waals surface area contributed by atoms with Crippen LogP contribution >= 0.6 is 0 Å². The van der Waals surface area contributed by atoms with E-state index < -0.39 is 15.8 Å². The van der Waals surface area contributed by atoms with Gasteiger partial charge in [-0.1, -0.05) is 24.3 Å². The molecule has 0 atom stereocenters. The number of hydrogen-bond acceptors (Lipinski definition) is 4. The minimum Gasteiger partial charge on any atom is -0.335 e. The number of nitrogens with zero attached hydrogens (tertiary/aromatic N) is 2. The summed E-state index contributed by atoms with van der Waals surface area (Å²) < 4.78 is 40.0. The van der Waals surface area contributed by atoms with Crippen LogP contribution in [0.5, 0.6) is 0 Å². The van der Waals surface area contributed by atoms with Crippen molar-refractivity contribution in [3.8, 4) is 0 Å². The van der Waals surface area contributed by atoms with E-state index in [1.165, 1.54) is 27.4 Å². The standard InChI is InChI=1S/C20H18FN3O4S/c21-15-5-3-6-16(13-15)29(27,28)24-10-8-23(9-11-24)20(26)18-12-14-4-1-2-7-17(14)19(25)22-18/h1-7,12-13H,8-11H2,(H,22,25). The van der Waals surface area contributed by atoms with Gasteiger partial charge in [-0.15, -0.1) is 0 Å². The third-order valence-corrected chi connectivity index (χ3v) is 6.84. The fourth-order valence-electron chi connectivity index (χ4n) is 3.40. The van der Waals surface area contributed by atoms with Crippen molar-refractivity contribution in [3.63, 3.8) is 0 Å². The van der Waals surface area contributed by atoms with Crippen molar-refractivity contribution in [2.45, 2.75) is 4.90 Å². The van der Waals surface area contributed by atoms with Gasteiger partial charge in [0.05, 0.1) is 4.90 Å². The molecule has 1 aliphatic heterocycles. The number of amides is 1. The van der Waals surface area contributed by atoms with Gasteiger partial charge in [0.1, 0.15) is 11.5 Å². The van der Waals surface area contributed by atoms with Crippen LogP contribution in [0, 0.1) is 5.82 Å². The predicted octanol–water partition coefficient (Wildman–Crippen LogP) is 1.81. The van der Waals surface area contributed by atoms with Crippen molar-refractivity contribution < 1.29 is 17.6 Å². The summed E-state index contributed by atoms with van der Waals surface area (Å²) in [7, 11) is -3.84. The maximum Gasteiger partial charge on any atom is 0.270 e. The number of nitrogens with one attached hydrogen (secondary N) is 1. The second kappa shape index (κ2) is 7.41. The van der Waals surface area contributed by atoms with E-state index >= 15 is 0 Å². The summed E-state index contributed by atoms with van der Waals surface area (Å²) >= 11 is 0. The lowest BCUT2D eigenvalue weighted by molar-refractivity contribution is 0.0692. The molecule has 29 heavy (non-hydrogen) atoms. The predicted molar refractivity (Wildman–Crippen MR) is 106 cm³/mol. The maximum atomic E-state index is 13.4. The van der Waals surface area contributed by atoms with E-state index in [0.29, 0.717) is 10.8 Å². The quantitative estimate of drug-likeness (QED) is 0.707. The molecule has 150 valence electrons. The first-order valence-electron chi connectivity index (χ1n) is 9.03. The highest BCUT2D eigenvalue weighted by Gasteiger charge is 2.31. The molecule has 1 fully saturated rings. The molecule has 1 saturated heterocycles. The molecule has 1 amide bonds. The molecule has 2 aromatic carbocycles. The Hall–Kier alpha value is -3.04. The molecule has 2 heterocycles. The summed E-state index contributed by atoms with van der Waals surface area (Å²) in [5.41, 5.74) is -0.186. The van der Waals surface area contributed by atoms with Gasteiger partial charge in [-0.05, 0) is 35.7 Å². The monoisotopic (exact) mass is 415 g/mol. The van der Waals surface area contributed by atoms with Crippen LogP contribution in [0.2, 0.25) is 0 Å². The highest BCUT2D eigenvalue weighted by molar-refractivity contribution is 7.89. The maximum absolute atomic E-state index is 13.4. The highest BCUT2D eigenvalue weighted by Crippen LogP contribution is 2.19. The van der Waals surface area contributed by atoms with Crippen LogP contribution in [0.25, 0.3) is 10.8 Å². The molecular weight excluding hydrogens is 397 g/mol. The molecule has 0 unspecified atom stereocenters.